The van der Waals surface area contributed by atoms with E-state index in [9.17, 15) is 14.7 Å². The Labute approximate surface area is 231 Å². The van der Waals surface area contributed by atoms with Gasteiger partial charge in [0.2, 0.25) is 0 Å². The van der Waals surface area contributed by atoms with Gasteiger partial charge in [0.25, 0.3) is 5.79 Å². The number of alkyl halides is 1. The lowest BCUT2D eigenvalue weighted by atomic mass is 9.78. The molecule has 0 saturated heterocycles. The lowest BCUT2D eigenvalue weighted by molar-refractivity contribution is -0.207. The first-order chi connectivity index (χ1) is 17.3. The van der Waals surface area contributed by atoms with Crippen molar-refractivity contribution in [1.82, 2.24) is 0 Å². The Kier molecular flexibility index (Phi) is 11.3. The molecular formula is C26H31Cl3O8. The third-order valence-corrected chi connectivity index (χ3v) is 6.38. The second-order valence-corrected chi connectivity index (χ2v) is 9.96. The monoisotopic (exact) mass is 576 g/mol. The molecule has 2 atom stereocenters. The molecule has 204 valence electrons. The summed E-state index contributed by atoms with van der Waals surface area (Å²) in [6.07, 6.45) is -0.516. The molecule has 0 spiro atoms. The number of hydrogen-bond donors (Lipinski definition) is 1. The molecule has 1 N–H and O–H groups in total. The van der Waals surface area contributed by atoms with E-state index in [0.717, 1.165) is 18.1 Å². The summed E-state index contributed by atoms with van der Waals surface area (Å²) >= 11 is 18.7. The van der Waals surface area contributed by atoms with Crippen LogP contribution in [0.5, 0.6) is 11.5 Å². The molecule has 0 bridgehead atoms. The molecule has 2 aromatic rings. The molecule has 2 aromatic carbocycles. The van der Waals surface area contributed by atoms with E-state index in [1.54, 1.807) is 12.1 Å². The van der Waals surface area contributed by atoms with Crippen molar-refractivity contribution in [3.8, 4) is 11.5 Å². The van der Waals surface area contributed by atoms with Crippen LogP contribution in [-0.2, 0) is 29.2 Å². The molecule has 2 rings (SSSR count). The van der Waals surface area contributed by atoms with Gasteiger partial charge in [0, 0.05) is 26.4 Å². The maximum atomic E-state index is 11.2. The lowest BCUT2D eigenvalue weighted by Gasteiger charge is -2.28. The van der Waals surface area contributed by atoms with Crippen LogP contribution in [0.3, 0.4) is 0 Å². The fraction of sp³-hybridized carbons (Fsp3) is 0.462. The second-order valence-electron chi connectivity index (χ2n) is 8.88. The zero-order valence-electron chi connectivity index (χ0n) is 21.3. The Morgan fingerprint density at radius 2 is 1.54 bits per heavy atom. The highest BCUT2D eigenvalue weighted by molar-refractivity contribution is 6.37. The number of aliphatic hydroxyl groups is 1. The summed E-state index contributed by atoms with van der Waals surface area (Å²) in [6, 6.07) is 10.9. The van der Waals surface area contributed by atoms with Gasteiger partial charge < -0.3 is 28.8 Å². The summed E-state index contributed by atoms with van der Waals surface area (Å²) in [7, 11) is 1.52. The van der Waals surface area contributed by atoms with E-state index in [0.29, 0.717) is 5.75 Å². The molecule has 37 heavy (non-hydrogen) atoms. The molecule has 0 radical (unpaired) electrons. The minimum absolute atomic E-state index is 0.126. The average molecular weight is 578 g/mol. The van der Waals surface area contributed by atoms with E-state index >= 15 is 0 Å². The molecule has 0 saturated carbocycles. The van der Waals surface area contributed by atoms with Crippen LogP contribution in [0.1, 0.15) is 38.8 Å². The normalized spacial score (nSPS) is 13.9. The second kappa shape index (κ2) is 13.5. The van der Waals surface area contributed by atoms with E-state index in [1.165, 1.54) is 14.0 Å². The van der Waals surface area contributed by atoms with Crippen molar-refractivity contribution >= 4 is 46.7 Å². The Morgan fingerprint density at radius 3 is 2.03 bits per heavy atom. The number of methoxy groups -OCH3 is 1. The molecule has 0 amide bonds. The van der Waals surface area contributed by atoms with Gasteiger partial charge >= 0.3 is 11.9 Å². The molecule has 0 heterocycles. The number of halogens is 3. The number of carbonyl (C=O) groups excluding carboxylic acids is 2. The van der Waals surface area contributed by atoms with E-state index in [1.807, 2.05) is 38.1 Å². The largest absolute Gasteiger partial charge is 0.490 e. The third-order valence-electron chi connectivity index (χ3n) is 5.40. The van der Waals surface area contributed by atoms with Crippen LogP contribution in [0.25, 0.3) is 0 Å². The third kappa shape index (κ3) is 8.93. The number of rotatable bonds is 13. The van der Waals surface area contributed by atoms with Crippen molar-refractivity contribution in [2.45, 2.75) is 45.0 Å². The molecule has 0 aliphatic carbocycles. The standard InChI is InChI=1S/C26H31Cl3O8/c1-16(30)36-21(12-33-5)13-34-20-8-6-18(7-9-20)25(3,4)19-10-22(28)24(23(29)11-19)35-15-26(32,14-27)37-17(2)31/h6-11,21,32H,12-15H2,1-5H3/t21-,26?/m1/s1. The highest BCUT2D eigenvalue weighted by atomic mass is 35.5. The molecule has 0 aliphatic heterocycles. The van der Waals surface area contributed by atoms with Gasteiger partial charge in [-0.25, -0.2) is 0 Å². The Morgan fingerprint density at radius 1 is 0.946 bits per heavy atom. The van der Waals surface area contributed by atoms with Crippen LogP contribution < -0.4 is 9.47 Å². The highest BCUT2D eigenvalue weighted by Crippen LogP contribution is 2.41. The molecule has 0 aromatic heterocycles. The summed E-state index contributed by atoms with van der Waals surface area (Å²) in [5.41, 5.74) is 1.27. The predicted molar refractivity (Wildman–Crippen MR) is 141 cm³/mol. The minimum Gasteiger partial charge on any atom is -0.490 e. The van der Waals surface area contributed by atoms with E-state index in [4.69, 9.17) is 58.5 Å². The zero-order valence-corrected chi connectivity index (χ0v) is 23.6. The number of esters is 2. The molecule has 0 aliphatic rings. The van der Waals surface area contributed by atoms with E-state index in [-0.39, 0.29) is 29.0 Å². The maximum Gasteiger partial charge on any atom is 0.305 e. The topological polar surface area (TPSA) is 101 Å². The van der Waals surface area contributed by atoms with Crippen LogP contribution in [0.2, 0.25) is 10.0 Å². The van der Waals surface area contributed by atoms with Crippen molar-refractivity contribution in [3.05, 3.63) is 57.6 Å². The average Bonchev–Trinajstić information content (AvgIpc) is 2.81. The van der Waals surface area contributed by atoms with Crippen molar-refractivity contribution in [3.63, 3.8) is 0 Å². The minimum atomic E-state index is -2.02. The SMILES string of the molecule is COC[C@H](COc1ccc(C(C)(C)c2cc(Cl)c(OCC(O)(CCl)OC(C)=O)c(Cl)c2)cc1)OC(C)=O. The Hall–Kier alpha value is -2.23. The van der Waals surface area contributed by atoms with Crippen LogP contribution >= 0.6 is 34.8 Å². The van der Waals surface area contributed by atoms with Crippen LogP contribution in [-0.4, -0.2) is 61.7 Å². The maximum absolute atomic E-state index is 11.2. The molecule has 0 fully saturated rings. The number of carbonyl (C=O) groups is 2. The highest BCUT2D eigenvalue weighted by Gasteiger charge is 2.32. The van der Waals surface area contributed by atoms with Crippen molar-refractivity contribution < 1.29 is 38.4 Å². The fourth-order valence-electron chi connectivity index (χ4n) is 3.47. The summed E-state index contributed by atoms with van der Waals surface area (Å²) < 4.78 is 26.4. The smallest absolute Gasteiger partial charge is 0.305 e. The van der Waals surface area contributed by atoms with Gasteiger partial charge in [0.1, 0.15) is 12.4 Å². The molecular weight excluding hydrogens is 547 g/mol. The van der Waals surface area contributed by atoms with Crippen molar-refractivity contribution in [1.29, 1.82) is 0 Å². The zero-order chi connectivity index (χ0) is 27.8. The van der Waals surface area contributed by atoms with Crippen LogP contribution in [0, 0.1) is 0 Å². The van der Waals surface area contributed by atoms with Gasteiger partial charge in [-0.3, -0.25) is 9.59 Å². The van der Waals surface area contributed by atoms with Crippen LogP contribution in [0.4, 0.5) is 0 Å². The van der Waals surface area contributed by atoms with Gasteiger partial charge in [-0.15, -0.1) is 11.6 Å². The van der Waals surface area contributed by atoms with E-state index < -0.39 is 41.7 Å². The number of ether oxygens (including phenoxy) is 5. The Balaban J connectivity index is 2.16. The van der Waals surface area contributed by atoms with Gasteiger partial charge in [-0.1, -0.05) is 49.2 Å². The summed E-state index contributed by atoms with van der Waals surface area (Å²) in [6.45, 7) is 6.41. The lowest BCUT2D eigenvalue weighted by Crippen LogP contribution is -2.42. The summed E-state index contributed by atoms with van der Waals surface area (Å²) in [4.78, 5) is 22.5. The number of benzene rings is 2. The van der Waals surface area contributed by atoms with Gasteiger partial charge in [-0.05, 0) is 35.4 Å². The molecule has 11 heteroatoms. The molecule has 8 nitrogen and oxygen atoms in total. The first-order valence-electron chi connectivity index (χ1n) is 11.3. The van der Waals surface area contributed by atoms with Gasteiger partial charge in [0.15, 0.2) is 18.5 Å². The fourth-order valence-corrected chi connectivity index (χ4v) is 4.19. The molecule has 1 unspecified atom stereocenters. The number of hydrogen-bond acceptors (Lipinski definition) is 8. The van der Waals surface area contributed by atoms with Gasteiger partial charge in [-0.2, -0.15) is 0 Å². The summed E-state index contributed by atoms with van der Waals surface area (Å²) in [5, 5.41) is 10.7. The van der Waals surface area contributed by atoms with Crippen molar-refractivity contribution in [2.24, 2.45) is 0 Å². The predicted octanol–water partition coefficient (Wildman–Crippen LogP) is 5.15. The van der Waals surface area contributed by atoms with E-state index in [2.05, 4.69) is 0 Å². The summed E-state index contributed by atoms with van der Waals surface area (Å²) in [5.74, 6) is -2.81. The first kappa shape index (κ1) is 31.0. The van der Waals surface area contributed by atoms with Crippen LogP contribution in [0.15, 0.2) is 36.4 Å². The van der Waals surface area contributed by atoms with Gasteiger partial charge in [0.05, 0.1) is 22.5 Å². The first-order valence-corrected chi connectivity index (χ1v) is 12.6. The quantitative estimate of drug-likeness (QED) is 0.198. The Bertz CT molecular complexity index is 1050. The van der Waals surface area contributed by atoms with Crippen molar-refractivity contribution in [2.75, 3.05) is 32.8 Å².